The number of aliphatic hydroxyl groups is 1. The zero-order valence-corrected chi connectivity index (χ0v) is 6.42. The SMILES string of the molecule is CC(O)(Br)C=CC(=O)O. The van der Waals surface area contributed by atoms with Gasteiger partial charge in [-0.3, -0.25) is 0 Å². The molecule has 2 N–H and O–H groups in total. The van der Waals surface area contributed by atoms with Crippen molar-refractivity contribution in [3.63, 3.8) is 0 Å². The van der Waals surface area contributed by atoms with Gasteiger partial charge in [-0.2, -0.15) is 0 Å². The van der Waals surface area contributed by atoms with Crippen molar-refractivity contribution in [2.45, 2.75) is 11.4 Å². The standard InChI is InChI=1S/C5H7BrO3/c1-5(6,9)3-2-4(7)8/h2-3,9H,1H3,(H,7,8). The smallest absolute Gasteiger partial charge is 0.328 e. The quantitative estimate of drug-likeness (QED) is 0.504. The molecule has 0 saturated heterocycles. The Morgan fingerprint density at radius 1 is 1.78 bits per heavy atom. The molecular weight excluding hydrogens is 188 g/mol. The van der Waals surface area contributed by atoms with Crippen molar-refractivity contribution in [1.29, 1.82) is 0 Å². The first-order valence-corrected chi connectivity index (χ1v) is 3.04. The number of hydrogen-bond acceptors (Lipinski definition) is 2. The maximum absolute atomic E-state index is 9.83. The maximum atomic E-state index is 9.83. The summed E-state index contributed by atoms with van der Waals surface area (Å²) in [6, 6.07) is 0. The largest absolute Gasteiger partial charge is 0.478 e. The van der Waals surface area contributed by atoms with Gasteiger partial charge in [0.05, 0.1) is 0 Å². The van der Waals surface area contributed by atoms with Gasteiger partial charge in [-0.25, -0.2) is 4.79 Å². The predicted molar refractivity (Wildman–Crippen MR) is 36.3 cm³/mol. The lowest BCUT2D eigenvalue weighted by molar-refractivity contribution is -0.131. The normalized spacial score (nSPS) is 17.7. The molecule has 0 spiro atoms. The zero-order valence-electron chi connectivity index (χ0n) is 4.84. The molecule has 0 rings (SSSR count). The van der Waals surface area contributed by atoms with Crippen LogP contribution in [0.2, 0.25) is 0 Å². The van der Waals surface area contributed by atoms with Gasteiger partial charge in [-0.05, 0) is 28.9 Å². The molecule has 52 valence electrons. The van der Waals surface area contributed by atoms with E-state index in [0.29, 0.717) is 0 Å². The van der Waals surface area contributed by atoms with Crippen molar-refractivity contribution in [1.82, 2.24) is 0 Å². The van der Waals surface area contributed by atoms with E-state index in [0.717, 1.165) is 12.2 Å². The Hall–Kier alpha value is -0.350. The van der Waals surface area contributed by atoms with Crippen molar-refractivity contribution in [3.8, 4) is 0 Å². The number of aliphatic carboxylic acids is 1. The van der Waals surface area contributed by atoms with Crippen LogP contribution in [0.25, 0.3) is 0 Å². The topological polar surface area (TPSA) is 57.5 Å². The minimum Gasteiger partial charge on any atom is -0.478 e. The highest BCUT2D eigenvalue weighted by Crippen LogP contribution is 2.12. The summed E-state index contributed by atoms with van der Waals surface area (Å²) in [5, 5.41) is 16.9. The molecule has 3 nitrogen and oxygen atoms in total. The second-order valence-corrected chi connectivity index (χ2v) is 3.30. The van der Waals surface area contributed by atoms with Crippen LogP contribution in [0.15, 0.2) is 12.2 Å². The number of hydrogen-bond donors (Lipinski definition) is 2. The van der Waals surface area contributed by atoms with Gasteiger partial charge in [0.25, 0.3) is 0 Å². The average Bonchev–Trinajstić information content (AvgIpc) is 1.59. The summed E-state index contributed by atoms with van der Waals surface area (Å²) < 4.78 is -1.22. The van der Waals surface area contributed by atoms with Crippen molar-refractivity contribution >= 4 is 21.9 Å². The van der Waals surface area contributed by atoms with Crippen LogP contribution in [0.1, 0.15) is 6.92 Å². The van der Waals surface area contributed by atoms with Crippen LogP contribution in [-0.4, -0.2) is 20.7 Å². The predicted octanol–water partition coefficient (Wildman–Crippen LogP) is 0.731. The molecule has 0 aromatic carbocycles. The number of halogens is 1. The lowest BCUT2D eigenvalue weighted by atomic mass is 10.3. The Morgan fingerprint density at radius 3 is 2.33 bits per heavy atom. The number of carboxylic acids is 1. The molecule has 9 heavy (non-hydrogen) atoms. The molecule has 4 heteroatoms. The fourth-order valence-corrected chi connectivity index (χ4v) is 0.356. The van der Waals surface area contributed by atoms with Gasteiger partial charge in [-0.15, -0.1) is 0 Å². The Morgan fingerprint density at radius 2 is 2.22 bits per heavy atom. The van der Waals surface area contributed by atoms with Crippen molar-refractivity contribution in [2.24, 2.45) is 0 Å². The molecule has 1 atom stereocenters. The highest BCUT2D eigenvalue weighted by Gasteiger charge is 2.08. The van der Waals surface area contributed by atoms with Gasteiger partial charge < -0.3 is 10.2 Å². The van der Waals surface area contributed by atoms with Crippen LogP contribution in [0.3, 0.4) is 0 Å². The molecule has 1 unspecified atom stereocenters. The Labute approximate surface area is 61.1 Å². The first-order valence-electron chi connectivity index (χ1n) is 2.25. The monoisotopic (exact) mass is 194 g/mol. The maximum Gasteiger partial charge on any atom is 0.328 e. The summed E-state index contributed by atoms with van der Waals surface area (Å²) in [4.78, 5) is 9.83. The third-order valence-corrected chi connectivity index (χ3v) is 0.794. The van der Waals surface area contributed by atoms with E-state index in [4.69, 9.17) is 10.2 Å². The second kappa shape index (κ2) is 2.98. The Balaban J connectivity index is 3.86. The molecule has 0 aliphatic rings. The fourth-order valence-electron chi connectivity index (χ4n) is 0.223. The highest BCUT2D eigenvalue weighted by molar-refractivity contribution is 9.10. The molecule has 0 aromatic rings. The summed E-state index contributed by atoms with van der Waals surface area (Å²) in [6.45, 7) is 1.42. The third kappa shape index (κ3) is 7.65. The molecule has 0 aromatic heterocycles. The van der Waals surface area contributed by atoms with Crippen LogP contribution in [-0.2, 0) is 4.79 Å². The van der Waals surface area contributed by atoms with Gasteiger partial charge in [0.1, 0.15) is 4.51 Å². The lowest BCUT2D eigenvalue weighted by Gasteiger charge is -2.05. The third-order valence-electron chi connectivity index (χ3n) is 0.530. The number of alkyl halides is 1. The van der Waals surface area contributed by atoms with Gasteiger partial charge in [0, 0.05) is 6.08 Å². The Kier molecular flexibility index (Phi) is 2.87. The van der Waals surface area contributed by atoms with Crippen LogP contribution in [0.5, 0.6) is 0 Å². The molecule has 0 fully saturated rings. The summed E-state index contributed by atoms with van der Waals surface area (Å²) >= 11 is 2.81. The van der Waals surface area contributed by atoms with E-state index >= 15 is 0 Å². The molecule has 0 bridgehead atoms. The van der Waals surface area contributed by atoms with E-state index in [-0.39, 0.29) is 0 Å². The van der Waals surface area contributed by atoms with E-state index in [1.165, 1.54) is 6.92 Å². The second-order valence-electron chi connectivity index (χ2n) is 1.70. The van der Waals surface area contributed by atoms with Crippen LogP contribution in [0.4, 0.5) is 0 Å². The summed E-state index contributed by atoms with van der Waals surface area (Å²) in [6.07, 6.45) is 2.00. The highest BCUT2D eigenvalue weighted by atomic mass is 79.9. The molecule has 0 amide bonds. The van der Waals surface area contributed by atoms with E-state index < -0.39 is 10.5 Å². The number of carboxylic acid groups (broad SMARTS) is 1. The summed E-state index contributed by atoms with van der Waals surface area (Å²) in [7, 11) is 0. The number of rotatable bonds is 2. The number of carbonyl (C=O) groups is 1. The molecule has 0 heterocycles. The van der Waals surface area contributed by atoms with E-state index in [9.17, 15) is 4.79 Å². The molecule has 0 aliphatic carbocycles. The molecule has 0 radical (unpaired) electrons. The van der Waals surface area contributed by atoms with Gasteiger partial charge in [0.2, 0.25) is 0 Å². The molecule has 0 saturated carbocycles. The van der Waals surface area contributed by atoms with Crippen LogP contribution >= 0.6 is 15.9 Å². The summed E-state index contributed by atoms with van der Waals surface area (Å²) in [5.41, 5.74) is 0. The average molecular weight is 195 g/mol. The van der Waals surface area contributed by atoms with Crippen molar-refractivity contribution in [2.75, 3.05) is 0 Å². The first kappa shape index (κ1) is 8.65. The lowest BCUT2D eigenvalue weighted by Crippen LogP contribution is -2.09. The van der Waals surface area contributed by atoms with Crippen molar-refractivity contribution < 1.29 is 15.0 Å². The summed E-state index contributed by atoms with van der Waals surface area (Å²) in [5.74, 6) is -1.07. The fraction of sp³-hybridized carbons (Fsp3) is 0.400. The molecular formula is C5H7BrO3. The van der Waals surface area contributed by atoms with Gasteiger partial charge in [0.15, 0.2) is 0 Å². The van der Waals surface area contributed by atoms with Gasteiger partial charge >= 0.3 is 5.97 Å². The first-order chi connectivity index (χ1) is 3.92. The Bertz CT molecular complexity index is 134. The van der Waals surface area contributed by atoms with E-state index in [1.807, 2.05) is 0 Å². The van der Waals surface area contributed by atoms with Crippen LogP contribution in [0, 0.1) is 0 Å². The minimum atomic E-state index is -1.22. The zero-order chi connectivity index (χ0) is 7.49. The van der Waals surface area contributed by atoms with E-state index in [1.54, 1.807) is 0 Å². The van der Waals surface area contributed by atoms with E-state index in [2.05, 4.69) is 15.9 Å². The molecule has 0 aliphatic heterocycles. The van der Waals surface area contributed by atoms with Crippen molar-refractivity contribution in [3.05, 3.63) is 12.2 Å². The van der Waals surface area contributed by atoms with Crippen LogP contribution < -0.4 is 0 Å². The van der Waals surface area contributed by atoms with Gasteiger partial charge in [-0.1, -0.05) is 0 Å². The minimum absolute atomic E-state index is 0.870.